The minimum absolute atomic E-state index is 0.101. The summed E-state index contributed by atoms with van der Waals surface area (Å²) in [5, 5.41) is 3.23. The van der Waals surface area contributed by atoms with Crippen LogP contribution in [0.3, 0.4) is 0 Å². The van der Waals surface area contributed by atoms with Gasteiger partial charge in [0.1, 0.15) is 5.82 Å². The van der Waals surface area contributed by atoms with Crippen LogP contribution in [0.15, 0.2) is 23.2 Å². The number of guanidine groups is 1. The number of hydrogen-bond acceptors (Lipinski definition) is 3. The minimum Gasteiger partial charge on any atom is -0.352 e. The van der Waals surface area contributed by atoms with Crippen LogP contribution in [0.25, 0.3) is 0 Å². The molecule has 4 heteroatoms. The molecule has 0 unspecified atom stereocenters. The number of hydrogen-bond donors (Lipinski definition) is 1. The fourth-order valence-corrected chi connectivity index (χ4v) is 2.46. The summed E-state index contributed by atoms with van der Waals surface area (Å²) < 4.78 is 14.0. The van der Waals surface area contributed by atoms with E-state index in [1.54, 1.807) is 6.07 Å². The van der Waals surface area contributed by atoms with Crippen molar-refractivity contribution in [3.8, 4) is 0 Å². The van der Waals surface area contributed by atoms with E-state index in [1.807, 2.05) is 13.1 Å². The molecule has 3 rings (SSSR count). The summed E-state index contributed by atoms with van der Waals surface area (Å²) in [7, 11) is 2.01. The van der Waals surface area contributed by atoms with E-state index in [2.05, 4.69) is 21.3 Å². The van der Waals surface area contributed by atoms with Crippen molar-refractivity contribution < 1.29 is 4.39 Å². The van der Waals surface area contributed by atoms with E-state index in [1.165, 1.54) is 12.8 Å². The van der Waals surface area contributed by atoms with E-state index in [0.29, 0.717) is 18.0 Å². The Morgan fingerprint density at radius 3 is 2.95 bits per heavy atom. The van der Waals surface area contributed by atoms with Crippen LogP contribution in [0.5, 0.6) is 0 Å². The molecule has 1 N–H and O–H groups in total. The molecule has 102 valence electrons. The lowest BCUT2D eigenvalue weighted by atomic mass is 10.1. The second kappa shape index (κ2) is 5.19. The summed E-state index contributed by atoms with van der Waals surface area (Å²) in [5.74, 6) is 1.37. The van der Waals surface area contributed by atoms with E-state index in [9.17, 15) is 4.39 Å². The van der Waals surface area contributed by atoms with Crippen LogP contribution in [0.1, 0.15) is 36.3 Å². The van der Waals surface area contributed by atoms with Gasteiger partial charge in [-0.2, -0.15) is 0 Å². The zero-order valence-electron chi connectivity index (χ0n) is 11.3. The van der Waals surface area contributed by atoms with Crippen molar-refractivity contribution in [3.63, 3.8) is 0 Å². The predicted molar refractivity (Wildman–Crippen MR) is 74.8 cm³/mol. The third-order valence-corrected chi connectivity index (χ3v) is 3.84. The number of aliphatic imine (C=N–C) groups is 1. The maximum atomic E-state index is 14.0. The number of benzene rings is 1. The standard InChI is InChI=1S/C15H20FN3/c1-19-8-2-7-17-15(19)18-10-13-6-5-12(9-14(13)16)11-3-4-11/h5-6,9,11H,2-4,7-8,10H2,1H3,(H,17,18). The lowest BCUT2D eigenvalue weighted by molar-refractivity contribution is 0.445. The van der Waals surface area contributed by atoms with E-state index >= 15 is 0 Å². The summed E-state index contributed by atoms with van der Waals surface area (Å²) in [6, 6.07) is 5.66. The Hall–Kier alpha value is -1.58. The van der Waals surface area contributed by atoms with Crippen LogP contribution < -0.4 is 5.32 Å². The van der Waals surface area contributed by atoms with Crippen LogP contribution in [-0.4, -0.2) is 31.0 Å². The van der Waals surface area contributed by atoms with Gasteiger partial charge in [-0.25, -0.2) is 4.39 Å². The molecule has 1 aliphatic heterocycles. The average Bonchev–Trinajstić information content (AvgIpc) is 3.23. The molecule has 3 nitrogen and oxygen atoms in total. The van der Waals surface area contributed by atoms with Crippen molar-refractivity contribution in [1.29, 1.82) is 0 Å². The molecular weight excluding hydrogens is 241 g/mol. The number of nitrogens with one attached hydrogen (secondary N) is 1. The maximum absolute atomic E-state index is 14.0. The molecule has 0 aromatic heterocycles. The second-order valence-corrected chi connectivity index (χ2v) is 5.46. The van der Waals surface area contributed by atoms with Crippen molar-refractivity contribution in [2.24, 2.45) is 4.99 Å². The van der Waals surface area contributed by atoms with E-state index in [4.69, 9.17) is 0 Å². The lowest BCUT2D eigenvalue weighted by Crippen LogP contribution is -2.41. The molecule has 1 heterocycles. The fourth-order valence-electron chi connectivity index (χ4n) is 2.46. The van der Waals surface area contributed by atoms with Gasteiger partial charge in [0.05, 0.1) is 0 Å². The van der Waals surface area contributed by atoms with Crippen LogP contribution in [-0.2, 0) is 6.54 Å². The van der Waals surface area contributed by atoms with Gasteiger partial charge in [-0.05, 0) is 36.8 Å². The van der Waals surface area contributed by atoms with Gasteiger partial charge >= 0.3 is 0 Å². The molecule has 19 heavy (non-hydrogen) atoms. The first-order valence-electron chi connectivity index (χ1n) is 7.02. The predicted octanol–water partition coefficient (Wildman–Crippen LogP) is 2.48. The fraction of sp³-hybridized carbons (Fsp3) is 0.533. The number of rotatable bonds is 3. The summed E-state index contributed by atoms with van der Waals surface area (Å²) in [6.07, 6.45) is 3.50. The van der Waals surface area contributed by atoms with Gasteiger partial charge in [0.15, 0.2) is 5.96 Å². The van der Waals surface area contributed by atoms with Crippen molar-refractivity contribution in [3.05, 3.63) is 35.1 Å². The molecule has 0 bridgehead atoms. The smallest absolute Gasteiger partial charge is 0.193 e. The van der Waals surface area contributed by atoms with Gasteiger partial charge < -0.3 is 10.2 Å². The summed E-state index contributed by atoms with van der Waals surface area (Å²) >= 11 is 0. The van der Waals surface area contributed by atoms with Gasteiger partial charge in [0, 0.05) is 32.2 Å². The molecule has 0 radical (unpaired) electrons. The normalized spacial score (nSPS) is 19.3. The summed E-state index contributed by atoms with van der Waals surface area (Å²) in [4.78, 5) is 6.50. The number of nitrogens with zero attached hydrogens (tertiary/aromatic N) is 2. The number of halogens is 1. The van der Waals surface area contributed by atoms with Crippen molar-refractivity contribution >= 4 is 5.96 Å². The van der Waals surface area contributed by atoms with E-state index in [0.717, 1.165) is 31.0 Å². The molecule has 1 aromatic carbocycles. The molecule has 0 saturated heterocycles. The maximum Gasteiger partial charge on any atom is 0.193 e. The molecule has 1 aliphatic carbocycles. The van der Waals surface area contributed by atoms with Gasteiger partial charge in [0.25, 0.3) is 0 Å². The van der Waals surface area contributed by atoms with Crippen molar-refractivity contribution in [1.82, 2.24) is 10.2 Å². The van der Waals surface area contributed by atoms with Gasteiger partial charge in [-0.3, -0.25) is 4.99 Å². The van der Waals surface area contributed by atoms with Crippen molar-refractivity contribution in [2.75, 3.05) is 20.1 Å². The molecule has 0 spiro atoms. The first-order valence-corrected chi connectivity index (χ1v) is 7.02. The molecule has 1 aromatic rings. The molecular formula is C15H20FN3. The Labute approximate surface area is 113 Å². The average molecular weight is 261 g/mol. The highest BCUT2D eigenvalue weighted by Gasteiger charge is 2.24. The Morgan fingerprint density at radius 2 is 2.26 bits per heavy atom. The minimum atomic E-state index is -0.101. The molecule has 1 saturated carbocycles. The third kappa shape index (κ3) is 2.88. The largest absolute Gasteiger partial charge is 0.352 e. The first kappa shape index (κ1) is 12.5. The van der Waals surface area contributed by atoms with Gasteiger partial charge in [0.2, 0.25) is 0 Å². The molecule has 1 fully saturated rings. The Balaban J connectivity index is 1.64. The highest BCUT2D eigenvalue weighted by molar-refractivity contribution is 5.80. The zero-order valence-corrected chi connectivity index (χ0v) is 11.3. The lowest BCUT2D eigenvalue weighted by Gasteiger charge is -2.25. The van der Waals surface area contributed by atoms with Crippen LogP contribution in [0.2, 0.25) is 0 Å². The highest BCUT2D eigenvalue weighted by Crippen LogP contribution is 2.40. The molecule has 0 amide bonds. The van der Waals surface area contributed by atoms with Gasteiger partial charge in [-0.1, -0.05) is 12.1 Å². The molecule has 0 atom stereocenters. The van der Waals surface area contributed by atoms with Crippen molar-refractivity contribution in [2.45, 2.75) is 31.7 Å². The van der Waals surface area contributed by atoms with Crippen LogP contribution >= 0.6 is 0 Å². The van der Waals surface area contributed by atoms with Gasteiger partial charge in [-0.15, -0.1) is 0 Å². The van der Waals surface area contributed by atoms with E-state index in [-0.39, 0.29) is 5.82 Å². The van der Waals surface area contributed by atoms with Crippen LogP contribution in [0, 0.1) is 5.82 Å². The Bertz CT molecular complexity index is 494. The monoisotopic (exact) mass is 261 g/mol. The topological polar surface area (TPSA) is 27.6 Å². The van der Waals surface area contributed by atoms with Crippen LogP contribution in [0.4, 0.5) is 4.39 Å². The Kier molecular flexibility index (Phi) is 3.40. The first-order chi connectivity index (χ1) is 9.24. The second-order valence-electron chi connectivity index (χ2n) is 5.46. The van der Waals surface area contributed by atoms with E-state index < -0.39 is 0 Å². The zero-order chi connectivity index (χ0) is 13.2. The Morgan fingerprint density at radius 1 is 1.42 bits per heavy atom. The quantitative estimate of drug-likeness (QED) is 0.905. The SMILES string of the molecule is CN1CCCN=C1NCc1ccc(C2CC2)cc1F. The summed E-state index contributed by atoms with van der Waals surface area (Å²) in [6.45, 7) is 2.37. The third-order valence-electron chi connectivity index (χ3n) is 3.84. The highest BCUT2D eigenvalue weighted by atomic mass is 19.1. The molecule has 2 aliphatic rings. The summed E-state index contributed by atoms with van der Waals surface area (Å²) in [5.41, 5.74) is 1.86.